The van der Waals surface area contributed by atoms with Gasteiger partial charge in [0.05, 0.1) is 22.2 Å². The fraction of sp³-hybridized carbons (Fsp3) is 0.409. The van der Waals surface area contributed by atoms with E-state index in [9.17, 15) is 19.2 Å². The molecule has 186 valence electrons. The fourth-order valence-electron chi connectivity index (χ4n) is 3.14. The van der Waals surface area contributed by atoms with Crippen LogP contribution in [0.2, 0.25) is 0 Å². The van der Waals surface area contributed by atoms with Crippen molar-refractivity contribution in [3.8, 4) is 0 Å². The number of carbonyl (C=O) groups is 4. The van der Waals surface area contributed by atoms with E-state index in [1.165, 1.54) is 25.7 Å². The molecule has 1 amide bonds. The predicted molar refractivity (Wildman–Crippen MR) is 127 cm³/mol. The highest BCUT2D eigenvalue weighted by Crippen LogP contribution is 2.29. The van der Waals surface area contributed by atoms with Crippen LogP contribution in [-0.2, 0) is 33.4 Å². The molecule has 35 heavy (non-hydrogen) atoms. The van der Waals surface area contributed by atoms with Gasteiger partial charge in [-0.1, -0.05) is 0 Å². The van der Waals surface area contributed by atoms with E-state index in [1.54, 1.807) is 24.5 Å². The van der Waals surface area contributed by atoms with Crippen LogP contribution in [0.4, 0.5) is 5.69 Å². The van der Waals surface area contributed by atoms with Gasteiger partial charge in [-0.05, 0) is 48.8 Å². The van der Waals surface area contributed by atoms with E-state index in [2.05, 4.69) is 36.2 Å². The van der Waals surface area contributed by atoms with Crippen LogP contribution in [0.15, 0.2) is 34.0 Å². The zero-order valence-electron chi connectivity index (χ0n) is 19.5. The molecule has 0 aliphatic carbocycles. The van der Waals surface area contributed by atoms with Gasteiger partial charge in [-0.15, -0.1) is 0 Å². The molecule has 3 atom stereocenters. The number of halogens is 1. The lowest BCUT2D eigenvalue weighted by Crippen LogP contribution is -2.45. The van der Waals surface area contributed by atoms with Crippen LogP contribution in [0.5, 0.6) is 0 Å². The van der Waals surface area contributed by atoms with E-state index < -0.39 is 42.1 Å². The number of aromatic nitrogens is 2. The summed E-state index contributed by atoms with van der Waals surface area (Å²) in [6, 6.07) is 3.56. The third-order valence-electron chi connectivity index (χ3n) is 4.87. The molecule has 2 aromatic rings. The van der Waals surface area contributed by atoms with Crippen LogP contribution in [0.25, 0.3) is 11.0 Å². The molecular formula is C22H24BrN5O7. The number of hydrogen-bond acceptors (Lipinski definition) is 11. The number of guanidine groups is 1. The number of ether oxygens (including phenoxy) is 3. The lowest BCUT2D eigenvalue weighted by molar-refractivity contribution is -0.179. The quantitative estimate of drug-likeness (QED) is 0.400. The average Bonchev–Trinajstić information content (AvgIpc) is 3.28. The Morgan fingerprint density at radius 2 is 1.60 bits per heavy atom. The molecule has 0 saturated carbocycles. The van der Waals surface area contributed by atoms with Crippen molar-refractivity contribution in [1.29, 1.82) is 0 Å². The summed E-state index contributed by atoms with van der Waals surface area (Å²) in [6.07, 6.45) is -0.503. The summed E-state index contributed by atoms with van der Waals surface area (Å²) >= 11 is 3.50. The Morgan fingerprint density at radius 1 is 0.971 bits per heavy atom. The van der Waals surface area contributed by atoms with Crippen LogP contribution < -0.4 is 5.32 Å². The minimum absolute atomic E-state index is 0.288. The molecule has 0 saturated heterocycles. The van der Waals surface area contributed by atoms with Gasteiger partial charge in [0, 0.05) is 25.9 Å². The van der Waals surface area contributed by atoms with E-state index in [0.29, 0.717) is 34.3 Å². The van der Waals surface area contributed by atoms with Crippen LogP contribution in [0, 0.1) is 0 Å². The van der Waals surface area contributed by atoms with E-state index in [-0.39, 0.29) is 5.96 Å². The maximum Gasteiger partial charge on any atom is 0.347 e. The highest BCUT2D eigenvalue weighted by molar-refractivity contribution is 9.10. The fourth-order valence-corrected chi connectivity index (χ4v) is 3.68. The van der Waals surface area contributed by atoms with E-state index in [1.807, 2.05) is 0 Å². The largest absolute Gasteiger partial charge is 0.451 e. The average molecular weight is 550 g/mol. The minimum Gasteiger partial charge on any atom is -0.451 e. The molecule has 1 aromatic carbocycles. The Hall–Kier alpha value is -3.61. The summed E-state index contributed by atoms with van der Waals surface area (Å²) in [6.45, 7) is 5.82. The number of nitrogens with one attached hydrogen (secondary N) is 1. The monoisotopic (exact) mass is 549 g/mol. The molecule has 0 fully saturated rings. The van der Waals surface area contributed by atoms with Gasteiger partial charge in [-0.2, -0.15) is 0 Å². The van der Waals surface area contributed by atoms with Crippen molar-refractivity contribution in [2.45, 2.75) is 46.0 Å². The maximum absolute atomic E-state index is 13.0. The Labute approximate surface area is 209 Å². The maximum atomic E-state index is 13.0. The molecule has 1 aromatic heterocycles. The molecule has 0 spiro atoms. The van der Waals surface area contributed by atoms with Crippen molar-refractivity contribution in [3.63, 3.8) is 0 Å². The Morgan fingerprint density at radius 3 is 2.29 bits per heavy atom. The number of anilines is 1. The van der Waals surface area contributed by atoms with Crippen molar-refractivity contribution in [2.24, 2.45) is 4.99 Å². The van der Waals surface area contributed by atoms with Gasteiger partial charge in [0.15, 0.2) is 18.3 Å². The van der Waals surface area contributed by atoms with E-state index in [0.717, 1.165) is 6.92 Å². The van der Waals surface area contributed by atoms with Crippen LogP contribution in [0.1, 0.15) is 27.7 Å². The molecule has 0 radical (unpaired) electrons. The molecule has 3 unspecified atom stereocenters. The van der Waals surface area contributed by atoms with Crippen molar-refractivity contribution in [1.82, 2.24) is 14.9 Å². The van der Waals surface area contributed by atoms with Gasteiger partial charge in [0.2, 0.25) is 5.96 Å². The second kappa shape index (κ2) is 11.2. The number of benzene rings is 1. The Balaban J connectivity index is 1.61. The normalized spacial score (nSPS) is 15.6. The highest BCUT2D eigenvalue weighted by Gasteiger charge is 2.32. The summed E-state index contributed by atoms with van der Waals surface area (Å²) in [7, 11) is 0. The van der Waals surface area contributed by atoms with Crippen LogP contribution >= 0.6 is 15.9 Å². The van der Waals surface area contributed by atoms with Gasteiger partial charge >= 0.3 is 17.9 Å². The molecule has 12 nitrogen and oxygen atoms in total. The summed E-state index contributed by atoms with van der Waals surface area (Å²) in [5.74, 6) is -2.71. The Bertz CT molecular complexity index is 1190. The van der Waals surface area contributed by atoms with Crippen LogP contribution in [-0.4, -0.2) is 76.0 Å². The lowest BCUT2D eigenvalue weighted by atomic mass is 10.2. The first-order chi connectivity index (χ1) is 16.6. The summed E-state index contributed by atoms with van der Waals surface area (Å²) in [4.78, 5) is 62.5. The molecule has 0 bridgehead atoms. The molecule has 2 heterocycles. The van der Waals surface area contributed by atoms with Gasteiger partial charge in [0.25, 0.3) is 5.91 Å². The molecular weight excluding hydrogens is 526 g/mol. The SMILES string of the molecule is CC(=O)OC(C)C(=O)OC(C)C(=O)OC(C)C(=O)N1CCN=C1Nc1ccc2nccnc2c1Br. The van der Waals surface area contributed by atoms with Crippen molar-refractivity contribution in [2.75, 3.05) is 18.4 Å². The first kappa shape index (κ1) is 26.0. The Kier molecular flexibility index (Phi) is 8.33. The van der Waals surface area contributed by atoms with Gasteiger partial charge in [0.1, 0.15) is 5.52 Å². The van der Waals surface area contributed by atoms with E-state index >= 15 is 0 Å². The number of nitrogens with zero attached hydrogens (tertiary/aromatic N) is 4. The molecule has 1 aliphatic heterocycles. The number of esters is 3. The number of amides is 1. The number of aliphatic imine (C=N–C) groups is 1. The van der Waals surface area contributed by atoms with Gasteiger partial charge < -0.3 is 19.5 Å². The van der Waals surface area contributed by atoms with Gasteiger partial charge in [-0.25, -0.2) is 9.59 Å². The standard InChI is InChI=1S/C22H24BrN5O7/c1-11(34-21(32)13(3)35-20(31)12(2)33-14(4)29)19(30)28-10-9-26-22(28)27-15-5-6-16-18(17(15)23)25-8-7-24-16/h5-8,11-13H,9-10H2,1-4H3,(H,26,27). The number of hydrogen-bond donors (Lipinski definition) is 1. The first-order valence-electron chi connectivity index (χ1n) is 10.7. The number of fused-ring (bicyclic) bond motifs is 1. The minimum atomic E-state index is -1.31. The third kappa shape index (κ3) is 6.29. The predicted octanol–water partition coefficient (Wildman–Crippen LogP) is 1.82. The second-order valence-electron chi connectivity index (χ2n) is 7.58. The third-order valence-corrected chi connectivity index (χ3v) is 5.68. The van der Waals surface area contributed by atoms with Crippen molar-refractivity contribution >= 4 is 62.4 Å². The van der Waals surface area contributed by atoms with Crippen LogP contribution in [0.3, 0.4) is 0 Å². The summed E-state index contributed by atoms with van der Waals surface area (Å²) < 4.78 is 15.5. The molecule has 13 heteroatoms. The molecule has 3 rings (SSSR count). The van der Waals surface area contributed by atoms with E-state index in [4.69, 9.17) is 14.2 Å². The van der Waals surface area contributed by atoms with Gasteiger partial charge in [-0.3, -0.25) is 29.4 Å². The summed E-state index contributed by atoms with van der Waals surface area (Å²) in [5, 5.41) is 3.11. The molecule has 1 N–H and O–H groups in total. The number of rotatable bonds is 7. The zero-order valence-corrected chi connectivity index (χ0v) is 21.1. The van der Waals surface area contributed by atoms with Crippen molar-refractivity contribution in [3.05, 3.63) is 29.0 Å². The zero-order chi connectivity index (χ0) is 25.7. The summed E-state index contributed by atoms with van der Waals surface area (Å²) in [5.41, 5.74) is 1.97. The molecule has 1 aliphatic rings. The highest BCUT2D eigenvalue weighted by atomic mass is 79.9. The number of carbonyl (C=O) groups excluding carboxylic acids is 4. The van der Waals surface area contributed by atoms with Crippen molar-refractivity contribution < 1.29 is 33.4 Å². The smallest absolute Gasteiger partial charge is 0.347 e. The first-order valence-corrected chi connectivity index (χ1v) is 11.5. The second-order valence-corrected chi connectivity index (χ2v) is 8.37. The lowest BCUT2D eigenvalue weighted by Gasteiger charge is -2.24. The topological polar surface area (TPSA) is 149 Å².